The molecule has 10 rings (SSSR count). The fourth-order valence-electron chi connectivity index (χ4n) is 7.06. The smallest absolute Gasteiger partial charge is 0.423 e. The van der Waals surface area contributed by atoms with E-state index in [0.717, 1.165) is 49.1 Å². The highest BCUT2D eigenvalue weighted by Gasteiger charge is 2.16. The van der Waals surface area contributed by atoms with Crippen LogP contribution in [0.15, 0.2) is 187 Å². The van der Waals surface area contributed by atoms with Crippen LogP contribution in [0.3, 0.4) is 0 Å². The Hall–Kier alpha value is -8.84. The van der Waals surface area contributed by atoms with Crippen molar-refractivity contribution in [1.29, 1.82) is 0 Å². The maximum absolute atomic E-state index is 13.8. The molecule has 6 aromatic carbocycles. The predicted molar refractivity (Wildman–Crippen MR) is 278 cm³/mol. The standard InChI is InChI=1S/C26H18FN5O.C20H14BrN5O.C6H6BFO2.CH4/c27-19-7-3-5-16(13-19)17-10-11-21-23(14-17)31-25(18-6-4-12-29-15-18)32-26(21)30-22-9-2-1-8-20(22)24(28)33;21-13-7-8-15-17(10-13)25-19(12-4-3-9-23-11-12)26-20(15)24-16-6-2-1-5-14(16)18(22)27;8-6-3-1-2-5(4-6)7(9)10;/h1-15H,(H2,28,33)(H,30,31,32);1-11H,(H2,22,27)(H,24,25,26);1-4,9-10H;1H4. The molecule has 0 atom stereocenters. The molecule has 8 N–H and O–H groups in total. The Morgan fingerprint density at radius 2 is 1.00 bits per heavy atom. The number of anilines is 4. The number of nitrogens with two attached hydrogens (primary N) is 2. The molecule has 352 valence electrons. The van der Waals surface area contributed by atoms with Crippen molar-refractivity contribution in [2.75, 3.05) is 10.6 Å². The van der Waals surface area contributed by atoms with Crippen molar-refractivity contribution < 1.29 is 28.4 Å². The number of carbonyl (C=O) groups excluding carboxylic acids is 2. The molecule has 0 radical (unpaired) electrons. The van der Waals surface area contributed by atoms with E-state index in [-0.39, 0.29) is 18.7 Å². The zero-order valence-electron chi connectivity index (χ0n) is 36.6. The summed E-state index contributed by atoms with van der Waals surface area (Å²) in [6, 6.07) is 44.4. The predicted octanol–water partition coefficient (Wildman–Crippen LogP) is 9.78. The van der Waals surface area contributed by atoms with E-state index in [1.165, 1.54) is 30.3 Å². The van der Waals surface area contributed by atoms with Crippen LogP contribution in [0.1, 0.15) is 28.1 Å². The second-order valence-electron chi connectivity index (χ2n) is 15.2. The number of rotatable bonds is 10. The Kier molecular flexibility index (Phi) is 16.2. The van der Waals surface area contributed by atoms with Crippen LogP contribution in [0, 0.1) is 11.6 Å². The first-order valence-corrected chi connectivity index (χ1v) is 22.0. The van der Waals surface area contributed by atoms with Crippen molar-refractivity contribution in [3.63, 3.8) is 0 Å². The molecule has 0 unspecified atom stereocenters. The lowest BCUT2D eigenvalue weighted by Gasteiger charge is -2.14. The van der Waals surface area contributed by atoms with Crippen LogP contribution in [-0.4, -0.2) is 58.9 Å². The summed E-state index contributed by atoms with van der Waals surface area (Å²) in [6.07, 6.45) is 6.76. The molecular formula is C53H42BBrF2N10O4. The minimum absolute atomic E-state index is 0. The number of nitrogens with one attached hydrogen (secondary N) is 2. The van der Waals surface area contributed by atoms with Gasteiger partial charge in [0.05, 0.1) is 33.5 Å². The first kappa shape index (κ1) is 50.1. The lowest BCUT2D eigenvalue weighted by Crippen LogP contribution is -2.29. The van der Waals surface area contributed by atoms with Crippen molar-refractivity contribution in [1.82, 2.24) is 29.9 Å². The molecule has 0 aliphatic rings. The molecule has 0 aliphatic carbocycles. The molecule has 4 heterocycles. The zero-order chi connectivity index (χ0) is 49.1. The number of nitrogens with zero attached hydrogens (tertiary/aromatic N) is 6. The summed E-state index contributed by atoms with van der Waals surface area (Å²) >= 11 is 3.48. The average Bonchev–Trinajstić information content (AvgIpc) is 3.37. The third kappa shape index (κ3) is 12.4. The Labute approximate surface area is 414 Å². The molecule has 0 saturated carbocycles. The van der Waals surface area contributed by atoms with Gasteiger partial charge >= 0.3 is 7.12 Å². The van der Waals surface area contributed by atoms with Crippen LogP contribution in [0.4, 0.5) is 31.8 Å². The number of fused-ring (bicyclic) bond motifs is 2. The van der Waals surface area contributed by atoms with E-state index < -0.39 is 24.7 Å². The van der Waals surface area contributed by atoms with Gasteiger partial charge in [-0.25, -0.2) is 28.7 Å². The van der Waals surface area contributed by atoms with Crippen molar-refractivity contribution >= 4 is 85.1 Å². The SMILES string of the molecule is C.NC(=O)c1ccccc1Nc1nc(-c2cccnc2)nc2cc(-c3cccc(F)c3)ccc12.NC(=O)c1ccccc1Nc1nc(-c2cccnc2)nc2cc(Br)ccc12.OB(O)c1cccc(F)c1. The van der Waals surface area contributed by atoms with E-state index in [1.54, 1.807) is 67.3 Å². The number of hydrogen-bond acceptors (Lipinski definition) is 12. The lowest BCUT2D eigenvalue weighted by molar-refractivity contribution is 0.0992. The summed E-state index contributed by atoms with van der Waals surface area (Å²) in [5.41, 5.74) is 17.6. The number of carbonyl (C=O) groups is 2. The van der Waals surface area contributed by atoms with Gasteiger partial charge in [-0.3, -0.25) is 19.6 Å². The van der Waals surface area contributed by atoms with Crippen molar-refractivity contribution in [3.8, 4) is 33.9 Å². The van der Waals surface area contributed by atoms with Crippen molar-refractivity contribution in [2.24, 2.45) is 11.5 Å². The van der Waals surface area contributed by atoms with Crippen LogP contribution in [0.25, 0.3) is 55.7 Å². The van der Waals surface area contributed by atoms with Gasteiger partial charge in [0.15, 0.2) is 11.6 Å². The summed E-state index contributed by atoms with van der Waals surface area (Å²) in [5, 5.41) is 25.1. The second kappa shape index (κ2) is 23.0. The molecule has 0 aliphatic heterocycles. The van der Waals surface area contributed by atoms with E-state index >= 15 is 0 Å². The summed E-state index contributed by atoms with van der Waals surface area (Å²) in [4.78, 5) is 50.7. The maximum Gasteiger partial charge on any atom is 0.488 e. The first-order chi connectivity index (χ1) is 33.9. The van der Waals surface area contributed by atoms with Crippen LogP contribution >= 0.6 is 15.9 Å². The maximum atomic E-state index is 13.8. The van der Waals surface area contributed by atoms with Gasteiger partial charge in [0.25, 0.3) is 11.8 Å². The van der Waals surface area contributed by atoms with Crippen LogP contribution in [-0.2, 0) is 0 Å². The molecule has 0 bridgehead atoms. The third-order valence-corrected chi connectivity index (χ3v) is 10.9. The van der Waals surface area contributed by atoms with Gasteiger partial charge in [-0.1, -0.05) is 78.0 Å². The number of para-hydroxylation sites is 2. The van der Waals surface area contributed by atoms with E-state index in [2.05, 4.69) is 46.5 Å². The normalized spacial score (nSPS) is 10.4. The molecule has 71 heavy (non-hydrogen) atoms. The quantitative estimate of drug-likeness (QED) is 0.0704. The highest BCUT2D eigenvalue weighted by atomic mass is 79.9. The number of halogens is 3. The first-order valence-electron chi connectivity index (χ1n) is 21.2. The Bertz CT molecular complexity index is 3510. The number of aromatic nitrogens is 6. The molecule has 10 aromatic rings. The van der Waals surface area contributed by atoms with Gasteiger partial charge in [-0.05, 0) is 120 Å². The third-order valence-electron chi connectivity index (χ3n) is 10.4. The molecule has 4 aromatic heterocycles. The minimum Gasteiger partial charge on any atom is -0.423 e. The van der Waals surface area contributed by atoms with Gasteiger partial charge < -0.3 is 32.1 Å². The van der Waals surface area contributed by atoms with E-state index in [0.29, 0.717) is 51.3 Å². The number of pyridine rings is 2. The molecule has 0 spiro atoms. The van der Waals surface area contributed by atoms with Gasteiger partial charge in [-0.2, -0.15) is 0 Å². The van der Waals surface area contributed by atoms with Gasteiger partial charge in [0.2, 0.25) is 0 Å². The van der Waals surface area contributed by atoms with E-state index in [9.17, 15) is 18.4 Å². The fourth-order valence-corrected chi connectivity index (χ4v) is 7.40. The van der Waals surface area contributed by atoms with Crippen molar-refractivity contribution in [3.05, 3.63) is 210 Å². The van der Waals surface area contributed by atoms with Crippen LogP contribution < -0.4 is 27.6 Å². The highest BCUT2D eigenvalue weighted by molar-refractivity contribution is 9.10. The molecule has 2 amide bonds. The Balaban J connectivity index is 0.000000175. The van der Waals surface area contributed by atoms with Gasteiger partial charge in [0.1, 0.15) is 23.3 Å². The largest absolute Gasteiger partial charge is 0.488 e. The van der Waals surface area contributed by atoms with Crippen molar-refractivity contribution in [2.45, 2.75) is 7.43 Å². The monoisotopic (exact) mass is 1010 g/mol. The summed E-state index contributed by atoms with van der Waals surface area (Å²) < 4.78 is 27.0. The van der Waals surface area contributed by atoms with Gasteiger partial charge in [-0.15, -0.1) is 0 Å². The average molecular weight is 1010 g/mol. The van der Waals surface area contributed by atoms with Crippen LogP contribution in [0.2, 0.25) is 0 Å². The molecule has 14 nitrogen and oxygen atoms in total. The molecular weight excluding hydrogens is 969 g/mol. The van der Waals surface area contributed by atoms with Crippen LogP contribution in [0.5, 0.6) is 0 Å². The van der Waals surface area contributed by atoms with E-state index in [1.807, 2.05) is 78.9 Å². The minimum atomic E-state index is -1.59. The highest BCUT2D eigenvalue weighted by Crippen LogP contribution is 2.33. The Morgan fingerprint density at radius 3 is 1.48 bits per heavy atom. The number of hydrogen-bond donors (Lipinski definition) is 6. The number of benzene rings is 6. The lowest BCUT2D eigenvalue weighted by atomic mass is 9.80. The summed E-state index contributed by atoms with van der Waals surface area (Å²) in [5.74, 6) is 0.267. The fraction of sp³-hybridized carbons (Fsp3) is 0.0189. The summed E-state index contributed by atoms with van der Waals surface area (Å²) in [7, 11) is -1.59. The number of primary amides is 2. The summed E-state index contributed by atoms with van der Waals surface area (Å²) in [6.45, 7) is 0. The van der Waals surface area contributed by atoms with E-state index in [4.69, 9.17) is 31.5 Å². The zero-order valence-corrected chi connectivity index (χ0v) is 38.2. The molecule has 18 heteroatoms. The number of amides is 2. The molecule has 0 fully saturated rings. The molecule has 0 saturated heterocycles. The second-order valence-corrected chi connectivity index (χ2v) is 16.1. The Morgan fingerprint density at radius 1 is 0.521 bits per heavy atom. The topological polar surface area (TPSA) is 228 Å². The van der Waals surface area contributed by atoms with Gasteiger partial charge in [0, 0.05) is 51.2 Å².